The van der Waals surface area contributed by atoms with E-state index < -0.39 is 0 Å². The van der Waals surface area contributed by atoms with Crippen LogP contribution in [0.1, 0.15) is 18.4 Å². The first-order valence-electron chi connectivity index (χ1n) is 8.29. The Kier molecular flexibility index (Phi) is 3.52. The first kappa shape index (κ1) is 14.2. The summed E-state index contributed by atoms with van der Waals surface area (Å²) < 4.78 is 0. The minimum atomic E-state index is 0.0196. The molecule has 2 aromatic rings. The number of amides is 2. The summed E-state index contributed by atoms with van der Waals surface area (Å²) in [5, 5.41) is 3.05. The van der Waals surface area contributed by atoms with Gasteiger partial charge in [-0.15, -0.1) is 0 Å². The molecule has 1 N–H and O–H groups in total. The van der Waals surface area contributed by atoms with Gasteiger partial charge in [0.05, 0.1) is 5.69 Å². The molecule has 1 aliphatic heterocycles. The van der Waals surface area contributed by atoms with Crippen LogP contribution in [-0.2, 0) is 0 Å². The quantitative estimate of drug-likeness (QED) is 0.913. The molecule has 0 spiro atoms. The molecular weight excluding hydrogens is 286 g/mol. The molecule has 2 heterocycles. The highest BCUT2D eigenvalue weighted by Gasteiger charge is 2.42. The van der Waals surface area contributed by atoms with Gasteiger partial charge in [0.25, 0.3) is 0 Å². The van der Waals surface area contributed by atoms with Crippen LogP contribution in [0.5, 0.6) is 0 Å². The third kappa shape index (κ3) is 2.93. The fourth-order valence-corrected chi connectivity index (χ4v) is 3.47. The molecule has 4 heteroatoms. The molecule has 1 aliphatic carbocycles. The Hall–Kier alpha value is -2.36. The highest BCUT2D eigenvalue weighted by molar-refractivity contribution is 5.90. The lowest BCUT2D eigenvalue weighted by molar-refractivity contribution is 0.197. The number of carbonyl (C=O) groups excluding carboxylic acids is 1. The molecular formula is C19H21N3O. The summed E-state index contributed by atoms with van der Waals surface area (Å²) >= 11 is 0. The zero-order valence-electron chi connectivity index (χ0n) is 13.3. The monoisotopic (exact) mass is 307 g/mol. The predicted octanol–water partition coefficient (Wildman–Crippen LogP) is 3.93. The highest BCUT2D eigenvalue weighted by Crippen LogP contribution is 2.44. The number of fused-ring (bicyclic) bond motifs is 1. The van der Waals surface area contributed by atoms with E-state index in [0.717, 1.165) is 53.9 Å². The summed E-state index contributed by atoms with van der Waals surface area (Å²) in [4.78, 5) is 18.8. The van der Waals surface area contributed by atoms with Crippen molar-refractivity contribution in [3.05, 3.63) is 48.2 Å². The van der Waals surface area contributed by atoms with Gasteiger partial charge in [-0.05, 0) is 61.4 Å². The number of urea groups is 1. The second kappa shape index (κ2) is 5.69. The molecule has 1 aromatic heterocycles. The topological polar surface area (TPSA) is 45.2 Å². The standard InChI is InChI=1S/C19H21N3O/c1-13-5-6-16(11-17(13)18-4-2-3-8-20-18)21-19(23)22-9-7-14-10-15(14)12-22/h2-6,8,11,14-15H,7,9-10,12H2,1H3,(H,21,23). The predicted molar refractivity (Wildman–Crippen MR) is 91.2 cm³/mol. The number of likely N-dealkylation sites (tertiary alicyclic amines) is 1. The van der Waals surface area contributed by atoms with Gasteiger partial charge in [0.2, 0.25) is 0 Å². The lowest BCUT2D eigenvalue weighted by Gasteiger charge is -2.26. The van der Waals surface area contributed by atoms with Crippen molar-refractivity contribution in [2.75, 3.05) is 18.4 Å². The third-order valence-electron chi connectivity index (χ3n) is 5.01. The van der Waals surface area contributed by atoms with Gasteiger partial charge in [0.1, 0.15) is 0 Å². The van der Waals surface area contributed by atoms with Crippen LogP contribution in [0, 0.1) is 18.8 Å². The van der Waals surface area contributed by atoms with Crippen molar-refractivity contribution in [3.8, 4) is 11.3 Å². The van der Waals surface area contributed by atoms with Gasteiger partial charge in [0, 0.05) is 30.5 Å². The van der Waals surface area contributed by atoms with Gasteiger partial charge in [0.15, 0.2) is 0 Å². The summed E-state index contributed by atoms with van der Waals surface area (Å²) in [5.41, 5.74) is 3.98. The van der Waals surface area contributed by atoms with E-state index in [0.29, 0.717) is 0 Å². The summed E-state index contributed by atoms with van der Waals surface area (Å²) in [6, 6.07) is 11.9. The molecule has 1 saturated carbocycles. The summed E-state index contributed by atoms with van der Waals surface area (Å²) in [6.45, 7) is 3.86. The van der Waals surface area contributed by atoms with Gasteiger partial charge in [-0.25, -0.2) is 4.79 Å². The SMILES string of the molecule is Cc1ccc(NC(=O)N2CCC3CC3C2)cc1-c1ccccn1. The third-order valence-corrected chi connectivity index (χ3v) is 5.01. The number of benzene rings is 1. The number of rotatable bonds is 2. The smallest absolute Gasteiger partial charge is 0.321 e. The number of nitrogens with one attached hydrogen (secondary N) is 1. The van der Waals surface area contributed by atoms with Crippen LogP contribution in [0.3, 0.4) is 0 Å². The Labute approximate surface area is 136 Å². The number of carbonyl (C=O) groups is 1. The maximum Gasteiger partial charge on any atom is 0.321 e. The average Bonchev–Trinajstić information content (AvgIpc) is 3.36. The first-order valence-corrected chi connectivity index (χ1v) is 8.29. The highest BCUT2D eigenvalue weighted by atomic mass is 16.2. The van der Waals surface area contributed by atoms with Crippen molar-refractivity contribution >= 4 is 11.7 Å². The molecule has 2 aliphatic rings. The van der Waals surface area contributed by atoms with E-state index in [2.05, 4.69) is 17.2 Å². The van der Waals surface area contributed by atoms with Crippen LogP contribution in [0.4, 0.5) is 10.5 Å². The molecule has 4 rings (SSSR count). The second-order valence-electron chi connectivity index (χ2n) is 6.67. The minimum absolute atomic E-state index is 0.0196. The van der Waals surface area contributed by atoms with Crippen molar-refractivity contribution in [1.29, 1.82) is 0 Å². The van der Waals surface area contributed by atoms with Gasteiger partial charge >= 0.3 is 6.03 Å². The van der Waals surface area contributed by atoms with E-state index >= 15 is 0 Å². The molecule has 118 valence electrons. The zero-order valence-corrected chi connectivity index (χ0v) is 13.3. The van der Waals surface area contributed by atoms with Crippen molar-refractivity contribution in [3.63, 3.8) is 0 Å². The number of aromatic nitrogens is 1. The summed E-state index contributed by atoms with van der Waals surface area (Å²) in [5.74, 6) is 1.63. The van der Waals surface area contributed by atoms with Crippen LogP contribution in [0.25, 0.3) is 11.3 Å². The molecule has 0 radical (unpaired) electrons. The van der Waals surface area contributed by atoms with Crippen molar-refractivity contribution in [2.24, 2.45) is 11.8 Å². The lowest BCUT2D eigenvalue weighted by Crippen LogP contribution is -2.39. The maximum absolute atomic E-state index is 12.5. The Balaban J connectivity index is 1.52. The van der Waals surface area contributed by atoms with E-state index in [1.807, 2.05) is 41.3 Å². The van der Waals surface area contributed by atoms with Crippen LogP contribution in [0.15, 0.2) is 42.6 Å². The van der Waals surface area contributed by atoms with Crippen LogP contribution in [0.2, 0.25) is 0 Å². The molecule has 2 atom stereocenters. The molecule has 2 unspecified atom stereocenters. The molecule has 2 fully saturated rings. The Morgan fingerprint density at radius 3 is 2.96 bits per heavy atom. The molecule has 2 amide bonds. The largest absolute Gasteiger partial charge is 0.324 e. The Bertz CT molecular complexity index is 729. The molecule has 0 bridgehead atoms. The summed E-state index contributed by atoms with van der Waals surface area (Å²) in [7, 11) is 0. The normalized spacial score (nSPS) is 22.4. The van der Waals surface area contributed by atoms with Crippen molar-refractivity contribution in [1.82, 2.24) is 9.88 Å². The van der Waals surface area contributed by atoms with Gasteiger partial charge < -0.3 is 10.2 Å². The maximum atomic E-state index is 12.5. The zero-order chi connectivity index (χ0) is 15.8. The van der Waals surface area contributed by atoms with Gasteiger partial charge in [-0.3, -0.25) is 4.98 Å². The molecule has 4 nitrogen and oxygen atoms in total. The second-order valence-corrected chi connectivity index (χ2v) is 6.67. The number of hydrogen-bond acceptors (Lipinski definition) is 2. The summed E-state index contributed by atoms with van der Waals surface area (Å²) in [6.07, 6.45) is 4.25. The molecule has 1 saturated heterocycles. The first-order chi connectivity index (χ1) is 11.2. The Morgan fingerprint density at radius 2 is 2.17 bits per heavy atom. The van der Waals surface area contributed by atoms with E-state index in [-0.39, 0.29) is 6.03 Å². The van der Waals surface area contributed by atoms with Crippen LogP contribution >= 0.6 is 0 Å². The lowest BCUT2D eigenvalue weighted by atomic mass is 10.0. The number of pyridine rings is 1. The van der Waals surface area contributed by atoms with E-state index in [4.69, 9.17) is 0 Å². The van der Waals surface area contributed by atoms with Crippen LogP contribution < -0.4 is 5.32 Å². The van der Waals surface area contributed by atoms with E-state index in [9.17, 15) is 4.79 Å². The molecule has 1 aromatic carbocycles. The molecule has 23 heavy (non-hydrogen) atoms. The Morgan fingerprint density at radius 1 is 1.26 bits per heavy atom. The number of aryl methyl sites for hydroxylation is 1. The fraction of sp³-hybridized carbons (Fsp3) is 0.368. The van der Waals surface area contributed by atoms with Crippen molar-refractivity contribution < 1.29 is 4.79 Å². The number of piperidine rings is 1. The van der Waals surface area contributed by atoms with Gasteiger partial charge in [-0.1, -0.05) is 12.1 Å². The number of hydrogen-bond donors (Lipinski definition) is 1. The number of nitrogens with zero attached hydrogens (tertiary/aromatic N) is 2. The van der Waals surface area contributed by atoms with E-state index in [1.165, 1.54) is 6.42 Å². The van der Waals surface area contributed by atoms with Crippen molar-refractivity contribution in [2.45, 2.75) is 19.8 Å². The van der Waals surface area contributed by atoms with Gasteiger partial charge in [-0.2, -0.15) is 0 Å². The average molecular weight is 307 g/mol. The van der Waals surface area contributed by atoms with Crippen LogP contribution in [-0.4, -0.2) is 29.0 Å². The van der Waals surface area contributed by atoms with E-state index in [1.54, 1.807) is 6.20 Å². The minimum Gasteiger partial charge on any atom is -0.324 e. The number of anilines is 1. The fourth-order valence-electron chi connectivity index (χ4n) is 3.47.